The lowest BCUT2D eigenvalue weighted by atomic mass is 10.1. The number of methoxy groups -OCH3 is 1. The van der Waals surface area contributed by atoms with Gasteiger partial charge in [-0.25, -0.2) is 9.78 Å². The van der Waals surface area contributed by atoms with E-state index in [1.54, 1.807) is 20.1 Å². The van der Waals surface area contributed by atoms with Gasteiger partial charge in [0, 0.05) is 25.9 Å². The molecule has 5 heteroatoms. The number of hydrogen-bond acceptors (Lipinski definition) is 4. The third kappa shape index (κ3) is 3.20. The molecular weight excluding hydrogens is 232 g/mol. The molecule has 1 heterocycles. The van der Waals surface area contributed by atoms with Crippen LogP contribution in [0.4, 0.5) is 5.82 Å². The van der Waals surface area contributed by atoms with Crippen molar-refractivity contribution in [2.75, 3.05) is 31.7 Å². The van der Waals surface area contributed by atoms with Gasteiger partial charge >= 0.3 is 5.97 Å². The maximum atomic E-state index is 11.4. The van der Waals surface area contributed by atoms with Gasteiger partial charge in [0.1, 0.15) is 11.4 Å². The van der Waals surface area contributed by atoms with Crippen molar-refractivity contribution in [3.05, 3.63) is 22.9 Å². The summed E-state index contributed by atoms with van der Waals surface area (Å²) in [5, 5.41) is 9.31. The molecule has 18 heavy (non-hydrogen) atoms. The third-order valence-electron chi connectivity index (χ3n) is 2.79. The summed E-state index contributed by atoms with van der Waals surface area (Å²) in [5.74, 6) is -0.412. The monoisotopic (exact) mass is 252 g/mol. The van der Waals surface area contributed by atoms with Crippen LogP contribution in [0.3, 0.4) is 0 Å². The molecule has 0 aliphatic rings. The molecule has 0 fully saturated rings. The van der Waals surface area contributed by atoms with Crippen molar-refractivity contribution in [2.24, 2.45) is 0 Å². The average Bonchev–Trinajstić information content (AvgIpc) is 2.28. The molecule has 1 aromatic heterocycles. The van der Waals surface area contributed by atoms with E-state index in [2.05, 4.69) is 4.98 Å². The van der Waals surface area contributed by atoms with Gasteiger partial charge in [-0.1, -0.05) is 0 Å². The first-order chi connectivity index (χ1) is 8.51. The summed E-state index contributed by atoms with van der Waals surface area (Å²) in [5.41, 5.74) is 1.84. The molecule has 0 aliphatic carbocycles. The Morgan fingerprint density at radius 1 is 1.50 bits per heavy atom. The lowest BCUT2D eigenvalue weighted by Gasteiger charge is -2.24. The number of ether oxygens (including phenoxy) is 1. The largest absolute Gasteiger partial charge is 0.478 e. The quantitative estimate of drug-likeness (QED) is 0.837. The number of aryl methyl sites for hydroxylation is 2. The Bertz CT molecular complexity index is 432. The zero-order chi connectivity index (χ0) is 13.7. The number of carboxylic acid groups (broad SMARTS) is 1. The fourth-order valence-electron chi connectivity index (χ4n) is 1.93. The van der Waals surface area contributed by atoms with Gasteiger partial charge in [-0.3, -0.25) is 0 Å². The fourth-order valence-corrected chi connectivity index (χ4v) is 1.93. The number of pyridine rings is 1. The highest BCUT2D eigenvalue weighted by atomic mass is 16.5. The maximum Gasteiger partial charge on any atom is 0.339 e. The van der Waals surface area contributed by atoms with E-state index in [1.165, 1.54) is 0 Å². The third-order valence-corrected chi connectivity index (χ3v) is 2.79. The molecular formula is C13H20N2O3. The molecule has 1 rings (SSSR count). The number of anilines is 1. The van der Waals surface area contributed by atoms with Crippen LogP contribution in [-0.2, 0) is 4.74 Å². The molecule has 0 atom stereocenters. The van der Waals surface area contributed by atoms with E-state index < -0.39 is 5.97 Å². The number of carbonyl (C=O) groups is 1. The Kier molecular flexibility index (Phi) is 5.09. The molecule has 5 nitrogen and oxygen atoms in total. The van der Waals surface area contributed by atoms with Gasteiger partial charge in [-0.2, -0.15) is 0 Å². The summed E-state index contributed by atoms with van der Waals surface area (Å²) >= 11 is 0. The van der Waals surface area contributed by atoms with Crippen molar-refractivity contribution in [3.8, 4) is 0 Å². The maximum absolute atomic E-state index is 11.4. The van der Waals surface area contributed by atoms with Crippen molar-refractivity contribution in [3.63, 3.8) is 0 Å². The predicted octanol–water partition coefficient (Wildman–Crippen LogP) is 1.87. The van der Waals surface area contributed by atoms with Gasteiger partial charge in [0.15, 0.2) is 0 Å². The minimum absolute atomic E-state index is 0.276. The van der Waals surface area contributed by atoms with Crippen LogP contribution >= 0.6 is 0 Å². The molecule has 0 saturated carbocycles. The van der Waals surface area contributed by atoms with Gasteiger partial charge in [-0.15, -0.1) is 0 Å². The molecule has 1 aromatic rings. The second-order valence-corrected chi connectivity index (χ2v) is 4.16. The highest BCUT2D eigenvalue weighted by molar-refractivity contribution is 5.95. The Labute approximate surface area is 107 Å². The van der Waals surface area contributed by atoms with Gasteiger partial charge in [0.2, 0.25) is 0 Å². The molecule has 0 aliphatic heterocycles. The number of nitrogens with zero attached hydrogens (tertiary/aromatic N) is 2. The SMILES string of the molecule is CCN(CCOC)c1nc(C)cc(C)c1C(=O)O. The van der Waals surface area contributed by atoms with Crippen LogP contribution < -0.4 is 4.90 Å². The summed E-state index contributed by atoms with van der Waals surface area (Å²) in [6, 6.07) is 1.79. The first-order valence-electron chi connectivity index (χ1n) is 5.96. The molecule has 100 valence electrons. The zero-order valence-corrected chi connectivity index (χ0v) is 11.4. The van der Waals surface area contributed by atoms with E-state index in [9.17, 15) is 9.90 Å². The molecule has 1 N–H and O–H groups in total. The van der Waals surface area contributed by atoms with Gasteiger partial charge in [0.25, 0.3) is 0 Å². The molecule has 0 spiro atoms. The number of hydrogen-bond donors (Lipinski definition) is 1. The van der Waals surface area contributed by atoms with Crippen molar-refractivity contribution < 1.29 is 14.6 Å². The van der Waals surface area contributed by atoms with Crippen molar-refractivity contribution in [1.82, 2.24) is 4.98 Å². The lowest BCUT2D eigenvalue weighted by Crippen LogP contribution is -2.30. The van der Waals surface area contributed by atoms with E-state index >= 15 is 0 Å². The molecule has 0 aromatic carbocycles. The summed E-state index contributed by atoms with van der Waals surface area (Å²) in [7, 11) is 1.63. The van der Waals surface area contributed by atoms with E-state index in [0.717, 1.165) is 11.3 Å². The van der Waals surface area contributed by atoms with Crippen LogP contribution in [-0.4, -0.2) is 42.9 Å². The van der Waals surface area contributed by atoms with Crippen LogP contribution in [0.1, 0.15) is 28.5 Å². The molecule has 0 bridgehead atoms. The molecule has 0 unspecified atom stereocenters. The Morgan fingerprint density at radius 3 is 2.67 bits per heavy atom. The van der Waals surface area contributed by atoms with E-state index in [4.69, 9.17) is 4.74 Å². The van der Waals surface area contributed by atoms with Crippen LogP contribution in [0.5, 0.6) is 0 Å². The molecule has 0 saturated heterocycles. The first-order valence-corrected chi connectivity index (χ1v) is 5.96. The van der Waals surface area contributed by atoms with Crippen LogP contribution in [0.15, 0.2) is 6.07 Å². The molecule has 0 amide bonds. The topological polar surface area (TPSA) is 62.7 Å². The van der Waals surface area contributed by atoms with Crippen LogP contribution in [0.2, 0.25) is 0 Å². The Hall–Kier alpha value is -1.62. The Morgan fingerprint density at radius 2 is 2.17 bits per heavy atom. The highest BCUT2D eigenvalue weighted by Crippen LogP contribution is 2.22. The van der Waals surface area contributed by atoms with Gasteiger partial charge in [0.05, 0.1) is 6.61 Å². The van der Waals surface area contributed by atoms with Crippen molar-refractivity contribution in [1.29, 1.82) is 0 Å². The summed E-state index contributed by atoms with van der Waals surface area (Å²) in [6.45, 7) is 7.50. The summed E-state index contributed by atoms with van der Waals surface area (Å²) < 4.78 is 5.04. The standard InChI is InChI=1S/C13H20N2O3/c1-5-15(6-7-18-4)12-11(13(16)17)9(2)8-10(3)14-12/h8H,5-7H2,1-4H3,(H,16,17). The predicted molar refractivity (Wildman–Crippen MR) is 70.4 cm³/mol. The highest BCUT2D eigenvalue weighted by Gasteiger charge is 2.19. The van der Waals surface area contributed by atoms with Gasteiger partial charge in [-0.05, 0) is 32.4 Å². The van der Waals surface area contributed by atoms with Gasteiger partial charge < -0.3 is 14.7 Å². The van der Waals surface area contributed by atoms with E-state index in [-0.39, 0.29) is 5.56 Å². The smallest absolute Gasteiger partial charge is 0.339 e. The fraction of sp³-hybridized carbons (Fsp3) is 0.538. The van der Waals surface area contributed by atoms with E-state index in [1.807, 2.05) is 18.7 Å². The Balaban J connectivity index is 3.22. The minimum atomic E-state index is -0.939. The summed E-state index contributed by atoms with van der Waals surface area (Å²) in [6.07, 6.45) is 0. The average molecular weight is 252 g/mol. The number of rotatable bonds is 6. The zero-order valence-electron chi connectivity index (χ0n) is 11.4. The first kappa shape index (κ1) is 14.4. The number of carboxylic acids is 1. The second kappa shape index (κ2) is 6.35. The van der Waals surface area contributed by atoms with Crippen molar-refractivity contribution in [2.45, 2.75) is 20.8 Å². The number of aromatic carboxylic acids is 1. The minimum Gasteiger partial charge on any atom is -0.478 e. The molecule has 0 radical (unpaired) electrons. The number of likely N-dealkylation sites (N-methyl/N-ethyl adjacent to an activating group) is 1. The van der Waals surface area contributed by atoms with E-state index in [0.29, 0.717) is 25.5 Å². The van der Waals surface area contributed by atoms with Crippen LogP contribution in [0.25, 0.3) is 0 Å². The van der Waals surface area contributed by atoms with Crippen molar-refractivity contribution >= 4 is 11.8 Å². The lowest BCUT2D eigenvalue weighted by molar-refractivity contribution is 0.0696. The summed E-state index contributed by atoms with van der Waals surface area (Å²) in [4.78, 5) is 17.6. The second-order valence-electron chi connectivity index (χ2n) is 4.16. The number of aromatic nitrogens is 1. The normalized spacial score (nSPS) is 10.4. The van der Waals surface area contributed by atoms with Crippen LogP contribution in [0, 0.1) is 13.8 Å².